The minimum atomic E-state index is -4.60. The van der Waals surface area contributed by atoms with Gasteiger partial charge in [-0.3, -0.25) is 51.6 Å². The second-order valence-corrected chi connectivity index (χ2v) is 51.0. The number of aliphatic hydroxyl groups excluding tert-OH is 4. The van der Waals surface area contributed by atoms with Crippen LogP contribution in [0.2, 0.25) is 5.02 Å². The average Bonchev–Trinajstić information content (AvgIpc) is 0.792. The van der Waals surface area contributed by atoms with Crippen molar-refractivity contribution in [3.05, 3.63) is 370 Å². The molecule has 774 valence electrons. The van der Waals surface area contributed by atoms with Crippen LogP contribution in [0.1, 0.15) is 100 Å². The quantitative estimate of drug-likeness (QED) is 0.0280. The first-order valence-electron chi connectivity index (χ1n) is 44.8. The van der Waals surface area contributed by atoms with Gasteiger partial charge in [-0.05, 0) is 250 Å². The van der Waals surface area contributed by atoms with E-state index in [-0.39, 0.29) is 148 Å². The molecule has 0 fully saturated rings. The van der Waals surface area contributed by atoms with Crippen molar-refractivity contribution >= 4 is 218 Å². The number of hydrogen-bond donors (Lipinski definition) is 15. The van der Waals surface area contributed by atoms with Crippen LogP contribution in [0.5, 0.6) is 0 Å². The third-order valence-electron chi connectivity index (χ3n) is 25.9. The van der Waals surface area contributed by atoms with Gasteiger partial charge in [0.2, 0.25) is 30.1 Å². The van der Waals surface area contributed by atoms with Crippen molar-refractivity contribution in [3.63, 3.8) is 0 Å². The van der Waals surface area contributed by atoms with Crippen LogP contribution in [0.4, 0.5) is 61.8 Å². The fourth-order valence-corrected chi connectivity index (χ4v) is 26.6. The molecule has 0 radical (unpaired) electrons. The molecule has 0 bridgehead atoms. The molecule has 8 aliphatic rings. The van der Waals surface area contributed by atoms with Crippen LogP contribution in [0.15, 0.2) is 287 Å². The number of carbonyl (C=O) groups is 4. The highest BCUT2D eigenvalue weighted by Crippen LogP contribution is 2.56. The SMILES string of the molecule is CC1(Cc2ccc(F)c(Cl)c2)C(=O)C(C2=NP(=O)(O)c3cc(NS(C)(=O)=O)ccc3N2)=C(O)c2cc(F)ccc21.CC1(Cc2ccccc2)C(=O)C(C2=NP(=O)(O)c3cc(NS(C)(=O)=O)ccc3N2)=C(O)c2cc(F)ccc21.CC1(Cc2ccoc2)C(=O)C(C2=NP(=O)(O)c3cc(NS(C)(=O)=O)ccc3N2)=C(O)c2cc(F)ccc21.Cc1ccc2c(c1)P(=O)(O)N=C(C1=C(O)c3cc(F)ccc3C(C)(Cc3cccc(Br)c3)C1=O)N2. The van der Waals surface area contributed by atoms with E-state index in [1.54, 1.807) is 58.9 Å². The predicted octanol–water partition coefficient (Wildman–Crippen LogP) is 17.6. The number of aryl methyl sites for hydroxylation is 1. The van der Waals surface area contributed by atoms with Crippen LogP contribution >= 0.6 is 57.6 Å². The fourth-order valence-electron chi connectivity index (χ4n) is 19.1. The van der Waals surface area contributed by atoms with Gasteiger partial charge >= 0.3 is 30.1 Å². The summed E-state index contributed by atoms with van der Waals surface area (Å²) in [5, 5.41) is 55.4. The summed E-state index contributed by atoms with van der Waals surface area (Å²) in [7, 11) is -28.9. The van der Waals surface area contributed by atoms with Gasteiger partial charge < -0.3 is 65.7 Å². The van der Waals surface area contributed by atoms with Crippen molar-refractivity contribution < 1.29 is 129 Å². The van der Waals surface area contributed by atoms with E-state index in [1.807, 2.05) is 54.6 Å². The number of nitrogens with one attached hydrogen (secondary N) is 7. The number of fused-ring (bicyclic) bond motifs is 8. The maximum Gasteiger partial charge on any atom is 0.346 e. The lowest BCUT2D eigenvalue weighted by atomic mass is 9.66. The highest BCUT2D eigenvalue weighted by molar-refractivity contribution is 9.10. The lowest BCUT2D eigenvalue weighted by Gasteiger charge is -2.36. The molecule has 4 aliphatic heterocycles. The number of amidine groups is 4. The summed E-state index contributed by atoms with van der Waals surface area (Å²) >= 11 is 9.40. The maximum absolute atomic E-state index is 14.3. The molecule has 0 amide bonds. The molecule has 4 aliphatic carbocycles. The molecule has 0 spiro atoms. The smallest absolute Gasteiger partial charge is 0.346 e. The summed E-state index contributed by atoms with van der Waals surface area (Å²) < 4.78 is 222. The number of ketones is 4. The fraction of sp³-hybridized carbons (Fsp3) is 0.157. The Kier molecular flexibility index (Phi) is 28.1. The minimum Gasteiger partial charge on any atom is -0.506 e. The number of hydrogen-bond acceptors (Lipinski definition) is 23. The van der Waals surface area contributed by atoms with Gasteiger partial charge in [-0.25, -0.2) is 47.2 Å². The van der Waals surface area contributed by atoms with Crippen molar-refractivity contribution in [2.45, 2.75) is 82.0 Å². The van der Waals surface area contributed by atoms with E-state index in [0.29, 0.717) is 33.5 Å². The number of halogens is 7. The number of nitrogens with zero attached hydrogens (tertiary/aromatic N) is 4. The van der Waals surface area contributed by atoms with Crippen molar-refractivity contribution in [1.29, 1.82) is 0 Å². The van der Waals surface area contributed by atoms with E-state index in [9.17, 15) is 125 Å². The van der Waals surface area contributed by atoms with Gasteiger partial charge in [0, 0.05) is 43.8 Å². The molecule has 1 aromatic heterocycles. The van der Waals surface area contributed by atoms with E-state index < -0.39 is 168 Å². The van der Waals surface area contributed by atoms with Gasteiger partial charge in [-0.2, -0.15) is 19.1 Å². The predicted molar refractivity (Wildman–Crippen MR) is 567 cm³/mol. The molecule has 34 nitrogen and oxygen atoms in total. The first-order chi connectivity index (χ1) is 70.1. The summed E-state index contributed by atoms with van der Waals surface area (Å²) in [4.78, 5) is 99.3. The van der Waals surface area contributed by atoms with Crippen molar-refractivity contribution in [2.75, 3.05) is 54.2 Å². The molecule has 8 unspecified atom stereocenters. The van der Waals surface area contributed by atoms with Crippen LogP contribution in [0.3, 0.4) is 0 Å². The van der Waals surface area contributed by atoms with E-state index in [4.69, 9.17) is 16.0 Å². The van der Waals surface area contributed by atoms with Crippen molar-refractivity contribution in [1.82, 2.24) is 0 Å². The standard InChI is InChI=1S/C26H21BrFN2O4P.C26H21ClF2N3O6PS.C26H23FN3O6PS.C24H21FN3O7PS/c1-14-6-9-20-21(10-14)35(33,34)30-25(29-20)22-23(31)18-12-17(28)7-8-19(18)26(2,24(22)32)13-15-4-3-5-16(27)11-15;1-26(12-13-3-7-19(29)18(27)9-13)17-6-4-14(28)10-16(17)23(33)22(24(26)34)25-30-20-8-5-15(32-40(2,37)38)11-21(20)39(35,36)31-25;1-26(14-15-6-4-3-5-7-15)19-10-8-16(27)12-18(19)23(31)22(24(26)32)25-28-20-11-9-17(30-38(2,35)36)13-21(20)37(33,34)29-25;1-24(11-13-7-8-35-12-13)17-5-3-14(25)9-16(17)21(29)20(22(24)30)23-26-18-6-4-15(28-37(2,33)34)10-19(18)36(31,32)27-23/h3-12,31H,13H2,1-2H3,(H2,29,30,33,34);3-11,32-33H,12H2,1-2H3,(H2,30,31,35,36);3-13,30-31H,14H2,1-2H3,(H2,28,29,33,34);3-10,12,28-29H,11H2,1-2H3,(H2,26,27,31,32). The Balaban J connectivity index is 0.000000136. The highest BCUT2D eigenvalue weighted by atomic mass is 79.9. The lowest BCUT2D eigenvalue weighted by Crippen LogP contribution is -2.44. The van der Waals surface area contributed by atoms with Crippen molar-refractivity contribution in [3.8, 4) is 0 Å². The number of sulfonamides is 3. The summed E-state index contributed by atoms with van der Waals surface area (Å²) in [5.74, 6) is -9.22. The topological polar surface area (TPSA) is 548 Å². The zero-order chi connectivity index (χ0) is 109. The van der Waals surface area contributed by atoms with Gasteiger partial charge in [0.1, 0.15) is 97.8 Å². The van der Waals surface area contributed by atoms with Gasteiger partial charge in [0.05, 0.1) is 102 Å². The first-order valence-corrected chi connectivity index (χ1v) is 58.1. The highest BCUT2D eigenvalue weighted by Gasteiger charge is 2.54. The van der Waals surface area contributed by atoms with Crippen LogP contribution in [0, 0.1) is 36.0 Å². The number of anilines is 7. The maximum atomic E-state index is 14.3. The average molecular weight is 2260 g/mol. The molecule has 48 heteroatoms. The van der Waals surface area contributed by atoms with Gasteiger partial charge in [0.25, 0.3) is 0 Å². The second-order valence-electron chi connectivity index (χ2n) is 37.3. The van der Waals surface area contributed by atoms with Gasteiger partial charge in [0.15, 0.2) is 23.1 Å². The van der Waals surface area contributed by atoms with E-state index in [1.165, 1.54) is 110 Å². The number of furan rings is 1. The summed E-state index contributed by atoms with van der Waals surface area (Å²) in [6.45, 7) is 8.36. The first kappa shape index (κ1) is 107. The van der Waals surface area contributed by atoms with Crippen LogP contribution < -0.4 is 56.7 Å². The number of benzene rings is 11. The zero-order valence-electron chi connectivity index (χ0n) is 79.5. The molecule has 11 aromatic carbocycles. The minimum absolute atomic E-state index is 0.0155. The number of aliphatic hydroxyl groups is 4. The molecule has 20 rings (SSSR count). The molecule has 8 atom stereocenters. The Labute approximate surface area is 866 Å². The second kappa shape index (κ2) is 39.3. The Morgan fingerprint density at radius 2 is 0.667 bits per heavy atom. The Morgan fingerprint density at radius 1 is 0.367 bits per heavy atom. The number of Topliss-reactive ketones (excluding diaryl/α,β-unsaturated/α-hetero) is 4. The summed E-state index contributed by atoms with van der Waals surface area (Å²) in [6, 6.07) is 53.7. The molecule has 5 heterocycles. The number of carbonyl (C=O) groups excluding carboxylic acids is 4. The Hall–Kier alpha value is -14.2. The van der Waals surface area contributed by atoms with Crippen LogP contribution in [-0.4, -0.2) is 130 Å². The molecule has 0 saturated carbocycles. The lowest BCUT2D eigenvalue weighted by molar-refractivity contribution is -0.120. The molecular weight excluding hydrogens is 2180 g/mol. The van der Waals surface area contributed by atoms with Crippen LogP contribution in [0.25, 0.3) is 23.0 Å². The largest absolute Gasteiger partial charge is 0.506 e. The van der Waals surface area contributed by atoms with E-state index >= 15 is 0 Å². The monoisotopic (exact) mass is 2260 g/mol. The van der Waals surface area contributed by atoms with Crippen LogP contribution in [-0.2, 0) is 115 Å². The Bertz CT molecular complexity index is 8780. The third kappa shape index (κ3) is 21.1. The summed E-state index contributed by atoms with van der Waals surface area (Å²) in [5.41, 5.74) is -0.626. The normalized spacial score (nSPS) is 22.8. The van der Waals surface area contributed by atoms with E-state index in [0.717, 1.165) is 88.5 Å². The Morgan fingerprint density at radius 3 is 0.973 bits per heavy atom. The molecule has 150 heavy (non-hydrogen) atoms. The molecule has 0 saturated heterocycles. The van der Waals surface area contributed by atoms with Crippen molar-refractivity contribution in [2.24, 2.45) is 19.1 Å². The third-order valence-corrected chi connectivity index (χ3v) is 34.4. The number of rotatable bonds is 18. The van der Waals surface area contributed by atoms with Gasteiger partial charge in [-0.15, -0.1) is 0 Å². The molecule has 12 aromatic rings. The summed E-state index contributed by atoms with van der Waals surface area (Å²) in [6.07, 6.45) is 6.27. The molecular formula is C102H86BrClF5N11O23P4S3. The van der Waals surface area contributed by atoms with E-state index in [2.05, 4.69) is 70.4 Å². The van der Waals surface area contributed by atoms with Gasteiger partial charge in [-0.1, -0.05) is 112 Å². The molecule has 15 N–H and O–H groups in total. The zero-order valence-corrected chi connectivity index (χ0v) is 87.9.